The van der Waals surface area contributed by atoms with Crippen LogP contribution in [0.1, 0.15) is 64.9 Å². The van der Waals surface area contributed by atoms with Gasteiger partial charge in [-0.2, -0.15) is 0 Å². The lowest BCUT2D eigenvalue weighted by Gasteiger charge is -2.36. The van der Waals surface area contributed by atoms with E-state index in [1.165, 1.54) is 13.3 Å². The quantitative estimate of drug-likeness (QED) is 0.708. The Labute approximate surface area is 198 Å². The molecule has 1 saturated carbocycles. The third kappa shape index (κ3) is 5.27. The van der Waals surface area contributed by atoms with Crippen LogP contribution in [0.15, 0.2) is 23.1 Å². The van der Waals surface area contributed by atoms with Gasteiger partial charge in [-0.25, -0.2) is 13.1 Å². The molecule has 0 bridgehead atoms. The van der Waals surface area contributed by atoms with Gasteiger partial charge in [0.1, 0.15) is 0 Å². The lowest BCUT2D eigenvalue weighted by Crippen LogP contribution is -2.43. The SMILES string of the molecule is CC(=O)N1c2ccc(S(=O)(=O)NCC3CCC(C(=O)N4CCC[C@H](C)C4)CC3)cc2C[C@H]1C. The van der Waals surface area contributed by atoms with Crippen LogP contribution >= 0.6 is 0 Å². The first kappa shape index (κ1) is 24.2. The van der Waals surface area contributed by atoms with Crippen LogP contribution in [0.25, 0.3) is 0 Å². The van der Waals surface area contributed by atoms with Crippen LogP contribution in [-0.4, -0.2) is 50.8 Å². The highest BCUT2D eigenvalue weighted by molar-refractivity contribution is 7.89. The molecule has 0 radical (unpaired) electrons. The number of carbonyl (C=O) groups is 2. The number of benzene rings is 1. The zero-order valence-corrected chi connectivity index (χ0v) is 20.9. The smallest absolute Gasteiger partial charge is 0.240 e. The van der Waals surface area contributed by atoms with Crippen LogP contribution in [0.2, 0.25) is 0 Å². The minimum Gasteiger partial charge on any atom is -0.342 e. The minimum absolute atomic E-state index is 0.0288. The molecule has 1 N–H and O–H groups in total. The zero-order valence-electron chi connectivity index (χ0n) is 20.0. The monoisotopic (exact) mass is 475 g/mol. The van der Waals surface area contributed by atoms with E-state index in [0.717, 1.165) is 56.4 Å². The van der Waals surface area contributed by atoms with Gasteiger partial charge in [-0.3, -0.25) is 9.59 Å². The first-order valence-corrected chi connectivity index (χ1v) is 13.8. The second-order valence-electron chi connectivity index (χ2n) is 10.3. The molecule has 1 saturated heterocycles. The Morgan fingerprint density at radius 1 is 1.09 bits per heavy atom. The van der Waals surface area contributed by atoms with Gasteiger partial charge >= 0.3 is 0 Å². The van der Waals surface area contributed by atoms with E-state index in [9.17, 15) is 18.0 Å². The number of likely N-dealkylation sites (tertiary alicyclic amines) is 1. The molecule has 2 heterocycles. The van der Waals surface area contributed by atoms with Crippen molar-refractivity contribution in [2.45, 2.75) is 76.7 Å². The van der Waals surface area contributed by atoms with Crippen molar-refractivity contribution in [2.75, 3.05) is 24.5 Å². The molecular weight excluding hydrogens is 438 g/mol. The molecule has 1 aliphatic carbocycles. The van der Waals surface area contributed by atoms with Gasteiger partial charge in [0.15, 0.2) is 0 Å². The molecule has 3 aliphatic rings. The summed E-state index contributed by atoms with van der Waals surface area (Å²) in [6.07, 6.45) is 6.38. The number of nitrogens with zero attached hydrogens (tertiary/aromatic N) is 2. The van der Waals surface area contributed by atoms with Crippen LogP contribution in [0.3, 0.4) is 0 Å². The highest BCUT2D eigenvalue weighted by Crippen LogP contribution is 2.34. The molecule has 0 spiro atoms. The standard InChI is InChI=1S/C25H37N3O4S/c1-17-5-4-12-27(16-17)25(30)21-8-6-20(7-9-21)15-26-33(31,32)23-10-11-24-22(14-23)13-18(2)28(24)19(3)29/h10-11,14,17-18,20-21,26H,4-9,12-13,15-16H2,1-3H3/t17-,18+,20?,21?/m0/s1. The summed E-state index contributed by atoms with van der Waals surface area (Å²) >= 11 is 0. The lowest BCUT2D eigenvalue weighted by atomic mass is 9.81. The first-order chi connectivity index (χ1) is 15.7. The molecule has 182 valence electrons. The number of piperidine rings is 1. The van der Waals surface area contributed by atoms with E-state index in [0.29, 0.717) is 24.8 Å². The second kappa shape index (κ2) is 9.74. The van der Waals surface area contributed by atoms with Gasteiger partial charge in [0.25, 0.3) is 0 Å². The van der Waals surface area contributed by atoms with Crippen molar-refractivity contribution in [1.29, 1.82) is 0 Å². The Balaban J connectivity index is 1.31. The second-order valence-corrected chi connectivity index (χ2v) is 12.1. The largest absolute Gasteiger partial charge is 0.342 e. The highest BCUT2D eigenvalue weighted by Gasteiger charge is 2.33. The lowest BCUT2D eigenvalue weighted by molar-refractivity contribution is -0.138. The third-order valence-corrected chi connectivity index (χ3v) is 9.06. The third-order valence-electron chi connectivity index (χ3n) is 7.64. The molecule has 2 aliphatic heterocycles. The summed E-state index contributed by atoms with van der Waals surface area (Å²) in [7, 11) is -3.62. The predicted octanol–water partition coefficient (Wildman–Crippen LogP) is 3.33. The molecule has 2 fully saturated rings. The number of carbonyl (C=O) groups excluding carboxylic acids is 2. The van der Waals surface area contributed by atoms with Crippen molar-refractivity contribution in [2.24, 2.45) is 17.8 Å². The number of nitrogens with one attached hydrogen (secondary N) is 1. The van der Waals surface area contributed by atoms with E-state index in [4.69, 9.17) is 0 Å². The molecule has 1 aromatic rings. The summed E-state index contributed by atoms with van der Waals surface area (Å²) in [5.74, 6) is 1.20. The van der Waals surface area contributed by atoms with Gasteiger partial charge < -0.3 is 9.80 Å². The number of fused-ring (bicyclic) bond motifs is 1. The Hall–Kier alpha value is -1.93. The summed E-state index contributed by atoms with van der Waals surface area (Å²) < 4.78 is 28.6. The average molecular weight is 476 g/mol. The normalized spacial score (nSPS) is 28.0. The molecule has 2 amide bonds. The molecule has 33 heavy (non-hydrogen) atoms. The van der Waals surface area contributed by atoms with Crippen LogP contribution in [0, 0.1) is 17.8 Å². The van der Waals surface area contributed by atoms with Crippen molar-refractivity contribution in [1.82, 2.24) is 9.62 Å². The fourth-order valence-corrected chi connectivity index (χ4v) is 6.99. The number of hydrogen-bond acceptors (Lipinski definition) is 4. The molecule has 0 unspecified atom stereocenters. The Kier molecular flexibility index (Phi) is 7.15. The Bertz CT molecular complexity index is 1000. The summed E-state index contributed by atoms with van der Waals surface area (Å²) in [6, 6.07) is 5.07. The van der Waals surface area contributed by atoms with Crippen LogP contribution in [0.4, 0.5) is 5.69 Å². The molecule has 7 nitrogen and oxygen atoms in total. The van der Waals surface area contributed by atoms with Gasteiger partial charge in [0, 0.05) is 44.2 Å². The van der Waals surface area contributed by atoms with E-state index < -0.39 is 10.0 Å². The van der Waals surface area contributed by atoms with Crippen molar-refractivity contribution in [3.63, 3.8) is 0 Å². The van der Waals surface area contributed by atoms with E-state index in [2.05, 4.69) is 11.6 Å². The van der Waals surface area contributed by atoms with Crippen molar-refractivity contribution >= 4 is 27.5 Å². The molecule has 8 heteroatoms. The first-order valence-electron chi connectivity index (χ1n) is 12.4. The molecular formula is C25H37N3O4S. The maximum atomic E-state index is 12.9. The number of sulfonamides is 1. The van der Waals surface area contributed by atoms with E-state index in [-0.39, 0.29) is 28.7 Å². The minimum atomic E-state index is -3.62. The van der Waals surface area contributed by atoms with Gasteiger partial charge in [0.05, 0.1) is 4.90 Å². The molecule has 2 atom stereocenters. The van der Waals surface area contributed by atoms with Crippen LogP contribution < -0.4 is 9.62 Å². The topological polar surface area (TPSA) is 86.8 Å². The molecule has 0 aromatic heterocycles. The van der Waals surface area contributed by atoms with Crippen LogP contribution in [0.5, 0.6) is 0 Å². The van der Waals surface area contributed by atoms with Crippen LogP contribution in [-0.2, 0) is 26.0 Å². The Morgan fingerprint density at radius 3 is 2.48 bits per heavy atom. The average Bonchev–Trinajstić information content (AvgIpc) is 3.12. The van der Waals surface area contributed by atoms with E-state index in [1.54, 1.807) is 23.1 Å². The summed E-state index contributed by atoms with van der Waals surface area (Å²) in [4.78, 5) is 28.8. The fourth-order valence-electron chi connectivity index (χ4n) is 5.83. The maximum absolute atomic E-state index is 12.9. The van der Waals surface area contributed by atoms with Gasteiger partial charge in [-0.1, -0.05) is 6.92 Å². The highest BCUT2D eigenvalue weighted by atomic mass is 32.2. The van der Waals surface area contributed by atoms with Gasteiger partial charge in [-0.05, 0) is 87.5 Å². The summed E-state index contributed by atoms with van der Waals surface area (Å²) in [5.41, 5.74) is 1.70. The number of anilines is 1. The molecule has 1 aromatic carbocycles. The maximum Gasteiger partial charge on any atom is 0.240 e. The van der Waals surface area contributed by atoms with Crippen molar-refractivity contribution in [3.05, 3.63) is 23.8 Å². The fraction of sp³-hybridized carbons (Fsp3) is 0.680. The van der Waals surface area contributed by atoms with Gasteiger partial charge in [-0.15, -0.1) is 0 Å². The van der Waals surface area contributed by atoms with E-state index >= 15 is 0 Å². The molecule has 4 rings (SSSR count). The Morgan fingerprint density at radius 2 is 1.82 bits per heavy atom. The van der Waals surface area contributed by atoms with Crippen molar-refractivity contribution < 1.29 is 18.0 Å². The van der Waals surface area contributed by atoms with Crippen molar-refractivity contribution in [3.8, 4) is 0 Å². The number of hydrogen-bond donors (Lipinski definition) is 1. The number of amides is 2. The zero-order chi connectivity index (χ0) is 23.8. The predicted molar refractivity (Wildman–Crippen MR) is 128 cm³/mol. The number of rotatable bonds is 5. The summed E-state index contributed by atoms with van der Waals surface area (Å²) in [5, 5.41) is 0. The van der Waals surface area contributed by atoms with E-state index in [1.807, 2.05) is 11.8 Å². The summed E-state index contributed by atoms with van der Waals surface area (Å²) in [6.45, 7) is 7.88. The van der Waals surface area contributed by atoms with Gasteiger partial charge in [0.2, 0.25) is 21.8 Å².